The molecule has 0 aromatic carbocycles. The van der Waals surface area contributed by atoms with Crippen LogP contribution < -0.4 is 0 Å². The van der Waals surface area contributed by atoms with Crippen molar-refractivity contribution in [2.45, 2.75) is 71.5 Å². The Balaban J connectivity index is 2.18. The summed E-state index contributed by atoms with van der Waals surface area (Å²) in [7, 11) is 0. The lowest BCUT2D eigenvalue weighted by molar-refractivity contribution is -0.204. The quantitative estimate of drug-likeness (QED) is 0.729. The molecule has 0 aromatic rings. The molecule has 0 saturated heterocycles. The van der Waals surface area contributed by atoms with Gasteiger partial charge in [0.05, 0.1) is 11.7 Å². The summed E-state index contributed by atoms with van der Waals surface area (Å²) < 4.78 is 0. The zero-order chi connectivity index (χ0) is 17.3. The Labute approximate surface area is 139 Å². The van der Waals surface area contributed by atoms with Gasteiger partial charge in [-0.05, 0) is 24.7 Å². The van der Waals surface area contributed by atoms with Gasteiger partial charge in [0.1, 0.15) is 0 Å². The van der Waals surface area contributed by atoms with Crippen molar-refractivity contribution in [3.63, 3.8) is 0 Å². The fraction of sp³-hybridized carbons (Fsp3) is 0.750. The molecule has 3 heteroatoms. The van der Waals surface area contributed by atoms with Crippen molar-refractivity contribution < 1.29 is 15.0 Å². The van der Waals surface area contributed by atoms with Gasteiger partial charge < -0.3 is 10.2 Å². The van der Waals surface area contributed by atoms with Crippen molar-refractivity contribution >= 4 is 5.78 Å². The second-order valence-electron chi connectivity index (χ2n) is 9.12. The van der Waals surface area contributed by atoms with Crippen molar-refractivity contribution in [2.75, 3.05) is 0 Å². The van der Waals surface area contributed by atoms with Gasteiger partial charge in [-0.3, -0.25) is 4.79 Å². The van der Waals surface area contributed by atoms with Crippen LogP contribution in [0.4, 0.5) is 0 Å². The van der Waals surface area contributed by atoms with Gasteiger partial charge in [-0.15, -0.1) is 6.58 Å². The summed E-state index contributed by atoms with van der Waals surface area (Å²) in [5.41, 5.74) is -1.64. The van der Waals surface area contributed by atoms with Crippen molar-refractivity contribution in [2.24, 2.45) is 22.2 Å². The largest absolute Gasteiger partial charge is 0.392 e. The molecule has 0 aromatic heterocycles. The van der Waals surface area contributed by atoms with Gasteiger partial charge in [-0.1, -0.05) is 46.3 Å². The van der Waals surface area contributed by atoms with Gasteiger partial charge in [0.15, 0.2) is 5.78 Å². The summed E-state index contributed by atoms with van der Waals surface area (Å²) in [6, 6.07) is 0. The molecule has 0 radical (unpaired) electrons. The second kappa shape index (κ2) is 4.80. The first-order valence-electron chi connectivity index (χ1n) is 8.81. The number of allylic oxidation sites excluding steroid dienone is 2. The van der Waals surface area contributed by atoms with Gasteiger partial charge in [0, 0.05) is 28.7 Å². The van der Waals surface area contributed by atoms with Gasteiger partial charge in [0.2, 0.25) is 0 Å². The number of fused-ring (bicyclic) bond motifs is 3. The molecule has 5 unspecified atom stereocenters. The highest BCUT2D eigenvalue weighted by atomic mass is 16.3. The molecule has 2 fully saturated rings. The molecular formula is C20H30O3. The highest BCUT2D eigenvalue weighted by Crippen LogP contribution is 2.63. The third-order valence-corrected chi connectivity index (χ3v) is 7.34. The van der Waals surface area contributed by atoms with E-state index in [2.05, 4.69) is 20.4 Å². The number of rotatable bonds is 1. The number of Topliss-reactive ketones (excluding diaryl/α,β-unsaturated/α-hetero) is 1. The summed E-state index contributed by atoms with van der Waals surface area (Å²) >= 11 is 0. The Morgan fingerprint density at radius 2 is 1.96 bits per heavy atom. The van der Waals surface area contributed by atoms with E-state index in [0.29, 0.717) is 12.0 Å². The Morgan fingerprint density at radius 3 is 2.57 bits per heavy atom. The number of carbonyl (C=O) groups excluding carboxylic acids is 1. The Kier molecular flexibility index (Phi) is 3.53. The van der Waals surface area contributed by atoms with Crippen LogP contribution in [0.3, 0.4) is 0 Å². The van der Waals surface area contributed by atoms with Crippen LogP contribution in [-0.4, -0.2) is 27.7 Å². The molecule has 2 N–H and O–H groups in total. The minimum atomic E-state index is -1.03. The van der Waals surface area contributed by atoms with Crippen LogP contribution in [0.2, 0.25) is 0 Å². The van der Waals surface area contributed by atoms with E-state index in [4.69, 9.17) is 0 Å². The smallest absolute Gasteiger partial charge is 0.162 e. The average molecular weight is 318 g/mol. The lowest BCUT2D eigenvalue weighted by Crippen LogP contribution is -2.66. The van der Waals surface area contributed by atoms with E-state index in [9.17, 15) is 15.0 Å². The highest BCUT2D eigenvalue weighted by molar-refractivity contribution is 5.99. The first kappa shape index (κ1) is 16.9. The minimum absolute atomic E-state index is 0.00644. The number of aliphatic hydroxyl groups is 2. The van der Waals surface area contributed by atoms with E-state index in [1.807, 2.05) is 26.0 Å². The zero-order valence-electron chi connectivity index (χ0n) is 14.9. The number of ketones is 1. The molecular weight excluding hydrogens is 288 g/mol. The topological polar surface area (TPSA) is 57.5 Å². The normalized spacial score (nSPS) is 49.0. The molecule has 5 atom stereocenters. The lowest BCUT2D eigenvalue weighted by Gasteiger charge is -2.62. The van der Waals surface area contributed by atoms with E-state index < -0.39 is 17.1 Å². The van der Waals surface area contributed by atoms with Crippen LogP contribution in [0.15, 0.2) is 24.3 Å². The van der Waals surface area contributed by atoms with Crippen LogP contribution >= 0.6 is 0 Å². The van der Waals surface area contributed by atoms with Crippen LogP contribution in [0.5, 0.6) is 0 Å². The summed E-state index contributed by atoms with van der Waals surface area (Å²) in [5.74, 6) is -0.0832. The minimum Gasteiger partial charge on any atom is -0.392 e. The number of hydrogen-bond donors (Lipinski definition) is 2. The summed E-state index contributed by atoms with van der Waals surface area (Å²) in [6.45, 7) is 12.0. The molecule has 0 bridgehead atoms. The molecule has 3 aliphatic carbocycles. The first-order chi connectivity index (χ1) is 10.5. The molecule has 3 aliphatic rings. The van der Waals surface area contributed by atoms with Crippen LogP contribution in [0, 0.1) is 22.2 Å². The highest BCUT2D eigenvalue weighted by Gasteiger charge is 2.65. The van der Waals surface area contributed by atoms with E-state index in [0.717, 1.165) is 19.3 Å². The summed E-state index contributed by atoms with van der Waals surface area (Å²) in [6.07, 6.45) is 6.73. The lowest BCUT2D eigenvalue weighted by atomic mass is 9.44. The average Bonchev–Trinajstić information content (AvgIpc) is 2.44. The van der Waals surface area contributed by atoms with Gasteiger partial charge in [-0.25, -0.2) is 0 Å². The fourth-order valence-corrected chi connectivity index (χ4v) is 5.47. The monoisotopic (exact) mass is 318 g/mol. The first-order valence-corrected chi connectivity index (χ1v) is 8.81. The predicted octanol–water partition coefficient (Wildman–Crippen LogP) is 3.41. The zero-order valence-corrected chi connectivity index (χ0v) is 14.9. The van der Waals surface area contributed by atoms with E-state index in [1.54, 1.807) is 0 Å². The van der Waals surface area contributed by atoms with Gasteiger partial charge >= 0.3 is 0 Å². The van der Waals surface area contributed by atoms with Crippen molar-refractivity contribution in [3.05, 3.63) is 24.3 Å². The Hall–Kier alpha value is -0.930. The molecule has 3 rings (SSSR count). The molecule has 128 valence electrons. The predicted molar refractivity (Wildman–Crippen MR) is 90.8 cm³/mol. The summed E-state index contributed by atoms with van der Waals surface area (Å²) in [5, 5.41) is 22.5. The Bertz CT molecular complexity index is 590. The van der Waals surface area contributed by atoms with Gasteiger partial charge in [0.25, 0.3) is 0 Å². The van der Waals surface area contributed by atoms with Crippen molar-refractivity contribution in [1.82, 2.24) is 0 Å². The molecule has 2 saturated carbocycles. The molecule has 0 aliphatic heterocycles. The van der Waals surface area contributed by atoms with E-state index >= 15 is 0 Å². The van der Waals surface area contributed by atoms with Crippen LogP contribution in [0.25, 0.3) is 0 Å². The van der Waals surface area contributed by atoms with E-state index in [1.165, 1.54) is 0 Å². The maximum Gasteiger partial charge on any atom is 0.162 e. The van der Waals surface area contributed by atoms with Gasteiger partial charge in [-0.2, -0.15) is 0 Å². The van der Waals surface area contributed by atoms with Crippen molar-refractivity contribution in [1.29, 1.82) is 0 Å². The Morgan fingerprint density at radius 1 is 1.30 bits per heavy atom. The number of aliphatic hydroxyl groups excluding tert-OH is 1. The molecule has 0 spiro atoms. The van der Waals surface area contributed by atoms with E-state index in [-0.39, 0.29) is 29.0 Å². The molecule has 0 heterocycles. The molecule has 23 heavy (non-hydrogen) atoms. The molecule has 3 nitrogen and oxygen atoms in total. The maximum atomic E-state index is 13.0. The molecule has 0 amide bonds. The maximum absolute atomic E-state index is 13.0. The van der Waals surface area contributed by atoms with Crippen LogP contribution in [-0.2, 0) is 4.79 Å². The standard InChI is InChI=1S/C20H30O3/c1-6-18(4)10-13-14(21)11-20(23)15(8-7-9-17(20,2)3)19(13,5)16(22)12-18/h6,10,15-16,22-23H,1,7-9,11-12H2,2-5H3. The third-order valence-electron chi connectivity index (χ3n) is 7.34. The van der Waals surface area contributed by atoms with Crippen LogP contribution in [0.1, 0.15) is 59.8 Å². The van der Waals surface area contributed by atoms with Crippen molar-refractivity contribution in [3.8, 4) is 0 Å². The fourth-order valence-electron chi connectivity index (χ4n) is 5.47. The summed E-state index contributed by atoms with van der Waals surface area (Å²) in [4.78, 5) is 13.0. The number of hydrogen-bond acceptors (Lipinski definition) is 3. The second-order valence-corrected chi connectivity index (χ2v) is 9.12. The third kappa shape index (κ3) is 2.05. The number of carbonyl (C=O) groups is 1. The SMILES string of the molecule is C=CC1(C)C=C2C(=O)CC3(O)C(CCCC3(C)C)C2(C)C(O)C1.